The Hall–Kier alpha value is -1.59. The molecule has 2 aliphatic carbocycles. The Morgan fingerprint density at radius 2 is 1.94 bits per heavy atom. The Kier molecular flexibility index (Phi) is 7.55. The fourth-order valence-electron chi connectivity index (χ4n) is 5.63. The molecule has 2 atom stereocenters. The number of carbonyl (C=O) groups is 1. The first-order chi connectivity index (χ1) is 15.0. The summed E-state index contributed by atoms with van der Waals surface area (Å²) in [5.74, 6) is 1.76. The second-order valence-electron chi connectivity index (χ2n) is 9.86. The van der Waals surface area contributed by atoms with Gasteiger partial charge in [0.25, 0.3) is 0 Å². The van der Waals surface area contributed by atoms with E-state index in [0.29, 0.717) is 18.6 Å². The van der Waals surface area contributed by atoms with Crippen molar-refractivity contribution in [1.29, 1.82) is 0 Å². The smallest absolute Gasteiger partial charge is 0.223 e. The Morgan fingerprint density at radius 1 is 1.19 bits per heavy atom. The lowest BCUT2D eigenvalue weighted by atomic mass is 9.74. The van der Waals surface area contributed by atoms with Crippen LogP contribution in [-0.4, -0.2) is 56.3 Å². The molecule has 4 rings (SSSR count). The van der Waals surface area contributed by atoms with Crippen LogP contribution in [0.3, 0.4) is 0 Å². The molecule has 0 unspecified atom stereocenters. The Morgan fingerprint density at radius 3 is 2.68 bits per heavy atom. The monoisotopic (exact) mass is 428 g/mol. The van der Waals surface area contributed by atoms with Crippen LogP contribution in [0.25, 0.3) is 0 Å². The highest BCUT2D eigenvalue weighted by atomic mass is 16.5. The number of aryl methyl sites for hydroxylation is 1. The third-order valence-corrected chi connectivity index (χ3v) is 7.83. The predicted octanol–water partition coefficient (Wildman–Crippen LogP) is 3.81. The number of hydrogen-bond donors (Lipinski definition) is 1. The Bertz CT molecular complexity index is 766. The highest BCUT2D eigenvalue weighted by Gasteiger charge is 2.31. The maximum atomic E-state index is 12.9. The molecule has 1 N–H and O–H groups in total. The van der Waals surface area contributed by atoms with Gasteiger partial charge in [0, 0.05) is 31.6 Å². The van der Waals surface area contributed by atoms with Crippen LogP contribution < -0.4 is 10.1 Å². The third-order valence-electron chi connectivity index (χ3n) is 7.83. The number of amides is 1. The second-order valence-corrected chi connectivity index (χ2v) is 9.86. The van der Waals surface area contributed by atoms with E-state index >= 15 is 0 Å². The van der Waals surface area contributed by atoms with Gasteiger partial charge in [-0.1, -0.05) is 19.8 Å². The van der Waals surface area contributed by atoms with E-state index in [2.05, 4.69) is 37.1 Å². The first kappa shape index (κ1) is 22.6. The molecule has 0 radical (unpaired) electrons. The van der Waals surface area contributed by atoms with Gasteiger partial charge in [-0.2, -0.15) is 0 Å². The summed E-state index contributed by atoms with van der Waals surface area (Å²) in [5.41, 5.74) is 5.52. The summed E-state index contributed by atoms with van der Waals surface area (Å²) < 4.78 is 11.7. The molecule has 0 aromatic heterocycles. The van der Waals surface area contributed by atoms with Gasteiger partial charge in [-0.25, -0.2) is 0 Å². The van der Waals surface area contributed by atoms with Crippen molar-refractivity contribution in [2.24, 2.45) is 11.8 Å². The van der Waals surface area contributed by atoms with Gasteiger partial charge in [0.1, 0.15) is 12.4 Å². The van der Waals surface area contributed by atoms with Crippen LogP contribution in [0.4, 0.5) is 0 Å². The summed E-state index contributed by atoms with van der Waals surface area (Å²) in [5, 5.41) is 3.32. The SMILES string of the molecule is Cc1cc(OCCN2CCOCC2)c(C)c2c1CC[C@@H]([C@H](C)C(=O)NC1CCCC1)C2. The lowest BCUT2D eigenvalue weighted by Crippen LogP contribution is -2.40. The lowest BCUT2D eigenvalue weighted by molar-refractivity contribution is -0.126. The van der Waals surface area contributed by atoms with Crippen LogP contribution in [0.2, 0.25) is 0 Å². The number of nitrogens with one attached hydrogen (secondary N) is 1. The summed E-state index contributed by atoms with van der Waals surface area (Å²) in [6, 6.07) is 2.63. The van der Waals surface area contributed by atoms with Crippen LogP contribution >= 0.6 is 0 Å². The number of carbonyl (C=O) groups excluding carboxylic acids is 1. The summed E-state index contributed by atoms with van der Waals surface area (Å²) >= 11 is 0. The van der Waals surface area contributed by atoms with Gasteiger partial charge in [-0.3, -0.25) is 9.69 Å². The van der Waals surface area contributed by atoms with E-state index in [0.717, 1.165) is 70.7 Å². The number of nitrogens with zero attached hydrogens (tertiary/aromatic N) is 1. The van der Waals surface area contributed by atoms with Crippen molar-refractivity contribution in [1.82, 2.24) is 10.2 Å². The standard InChI is InChI=1S/C26H40N2O3/c1-18-16-25(31-15-12-28-10-13-30-14-11-28)20(3)24-17-21(8-9-23(18)24)19(2)26(29)27-22-6-4-5-7-22/h16,19,21-22H,4-15,17H2,1-3H3,(H,27,29)/t19-,21+/m0/s1. The molecule has 1 aliphatic heterocycles. The highest BCUT2D eigenvalue weighted by Crippen LogP contribution is 2.38. The van der Waals surface area contributed by atoms with Gasteiger partial charge in [0.15, 0.2) is 0 Å². The molecule has 0 bridgehead atoms. The number of fused-ring (bicyclic) bond motifs is 1. The topological polar surface area (TPSA) is 50.8 Å². The summed E-state index contributed by atoms with van der Waals surface area (Å²) in [4.78, 5) is 15.3. The fraction of sp³-hybridized carbons (Fsp3) is 0.731. The average molecular weight is 429 g/mol. The average Bonchev–Trinajstić information content (AvgIpc) is 3.30. The number of hydrogen-bond acceptors (Lipinski definition) is 4. The molecule has 1 heterocycles. The van der Waals surface area contributed by atoms with E-state index in [1.54, 1.807) is 0 Å². The zero-order valence-corrected chi connectivity index (χ0v) is 19.7. The molecule has 1 saturated heterocycles. The van der Waals surface area contributed by atoms with Crippen LogP contribution in [0.15, 0.2) is 6.07 Å². The third kappa shape index (κ3) is 5.43. The second kappa shape index (κ2) is 10.4. The van der Waals surface area contributed by atoms with Crippen molar-refractivity contribution in [3.8, 4) is 5.75 Å². The lowest BCUT2D eigenvalue weighted by Gasteiger charge is -2.32. The highest BCUT2D eigenvalue weighted by molar-refractivity contribution is 5.79. The zero-order valence-electron chi connectivity index (χ0n) is 19.7. The molecule has 31 heavy (non-hydrogen) atoms. The maximum Gasteiger partial charge on any atom is 0.223 e. The summed E-state index contributed by atoms with van der Waals surface area (Å²) in [6.45, 7) is 11.8. The molecule has 0 spiro atoms. The predicted molar refractivity (Wildman–Crippen MR) is 124 cm³/mol. The first-order valence-electron chi connectivity index (χ1n) is 12.4. The zero-order chi connectivity index (χ0) is 21.8. The van der Waals surface area contributed by atoms with E-state index in [1.165, 1.54) is 35.1 Å². The van der Waals surface area contributed by atoms with E-state index in [4.69, 9.17) is 9.47 Å². The molecule has 1 aromatic rings. The van der Waals surface area contributed by atoms with E-state index in [9.17, 15) is 4.79 Å². The first-order valence-corrected chi connectivity index (χ1v) is 12.4. The Balaban J connectivity index is 1.39. The minimum absolute atomic E-state index is 0.0688. The van der Waals surface area contributed by atoms with Crippen molar-refractivity contribution < 1.29 is 14.3 Å². The fourth-order valence-corrected chi connectivity index (χ4v) is 5.63. The van der Waals surface area contributed by atoms with Crippen LogP contribution in [0.5, 0.6) is 5.75 Å². The largest absolute Gasteiger partial charge is 0.492 e. The van der Waals surface area contributed by atoms with Gasteiger partial charge in [-0.15, -0.1) is 0 Å². The van der Waals surface area contributed by atoms with Crippen molar-refractivity contribution in [3.63, 3.8) is 0 Å². The number of benzene rings is 1. The maximum absolute atomic E-state index is 12.9. The molecule has 2 fully saturated rings. The normalized spacial score (nSPS) is 23.4. The molecule has 1 amide bonds. The van der Waals surface area contributed by atoms with Crippen molar-refractivity contribution >= 4 is 5.91 Å². The molecular weight excluding hydrogens is 388 g/mol. The van der Waals surface area contributed by atoms with Crippen molar-refractivity contribution in [2.45, 2.75) is 71.8 Å². The van der Waals surface area contributed by atoms with Gasteiger partial charge in [0.05, 0.1) is 13.2 Å². The molecule has 1 aromatic carbocycles. The summed E-state index contributed by atoms with van der Waals surface area (Å²) in [6.07, 6.45) is 7.96. The molecule has 3 aliphatic rings. The molecule has 1 saturated carbocycles. The van der Waals surface area contributed by atoms with E-state index in [-0.39, 0.29) is 11.8 Å². The van der Waals surface area contributed by atoms with Gasteiger partial charge < -0.3 is 14.8 Å². The van der Waals surface area contributed by atoms with Crippen LogP contribution in [0, 0.1) is 25.7 Å². The minimum atomic E-state index is 0.0688. The van der Waals surface area contributed by atoms with Gasteiger partial charge in [0.2, 0.25) is 5.91 Å². The van der Waals surface area contributed by atoms with Crippen molar-refractivity contribution in [3.05, 3.63) is 28.3 Å². The Labute approximate surface area is 187 Å². The van der Waals surface area contributed by atoms with Crippen molar-refractivity contribution in [2.75, 3.05) is 39.5 Å². The molecule has 5 nitrogen and oxygen atoms in total. The molecular formula is C26H40N2O3. The van der Waals surface area contributed by atoms with Gasteiger partial charge >= 0.3 is 0 Å². The van der Waals surface area contributed by atoms with E-state index in [1.807, 2.05) is 0 Å². The quantitative estimate of drug-likeness (QED) is 0.717. The molecule has 5 heteroatoms. The summed E-state index contributed by atoms with van der Waals surface area (Å²) in [7, 11) is 0. The van der Waals surface area contributed by atoms with Gasteiger partial charge in [-0.05, 0) is 80.2 Å². The van der Waals surface area contributed by atoms with Crippen LogP contribution in [-0.2, 0) is 22.4 Å². The number of morpholine rings is 1. The number of ether oxygens (including phenoxy) is 2. The van der Waals surface area contributed by atoms with Crippen LogP contribution in [0.1, 0.15) is 61.3 Å². The number of rotatable bonds is 7. The molecule has 172 valence electrons. The minimum Gasteiger partial charge on any atom is -0.492 e. The van der Waals surface area contributed by atoms with E-state index < -0.39 is 0 Å².